The van der Waals surface area contributed by atoms with Gasteiger partial charge in [0.05, 0.1) is 18.3 Å². The van der Waals surface area contributed by atoms with E-state index in [4.69, 9.17) is 9.26 Å². The number of hydrogen-bond acceptors (Lipinski definition) is 4. The van der Waals surface area contributed by atoms with Crippen LogP contribution in [0.25, 0.3) is 0 Å². The van der Waals surface area contributed by atoms with Gasteiger partial charge in [-0.2, -0.15) is 0 Å². The molecule has 0 spiro atoms. The van der Waals surface area contributed by atoms with E-state index in [2.05, 4.69) is 17.3 Å². The quantitative estimate of drug-likeness (QED) is 0.865. The van der Waals surface area contributed by atoms with Gasteiger partial charge < -0.3 is 14.2 Å². The Balaban J connectivity index is 1.64. The predicted octanol–water partition coefficient (Wildman–Crippen LogP) is 3.21. The van der Waals surface area contributed by atoms with Crippen LogP contribution in [0.2, 0.25) is 0 Å². The van der Waals surface area contributed by atoms with Gasteiger partial charge in [0.25, 0.3) is 0 Å². The fourth-order valence-electron chi connectivity index (χ4n) is 3.26. The maximum atomic E-state index is 12.7. The van der Waals surface area contributed by atoms with Gasteiger partial charge in [-0.3, -0.25) is 4.79 Å². The Labute approximate surface area is 142 Å². The number of morpholine rings is 1. The van der Waals surface area contributed by atoms with E-state index < -0.39 is 0 Å². The lowest BCUT2D eigenvalue weighted by atomic mass is 10.0. The van der Waals surface area contributed by atoms with Crippen molar-refractivity contribution >= 4 is 5.91 Å². The minimum absolute atomic E-state index is 0.0342. The van der Waals surface area contributed by atoms with Crippen molar-refractivity contribution in [2.75, 3.05) is 13.1 Å². The molecule has 5 nitrogen and oxygen atoms in total. The summed E-state index contributed by atoms with van der Waals surface area (Å²) in [4.78, 5) is 14.6. The first-order valence-electron chi connectivity index (χ1n) is 8.44. The first-order valence-corrected chi connectivity index (χ1v) is 8.44. The molecule has 0 bridgehead atoms. The molecule has 0 N–H and O–H groups in total. The topological polar surface area (TPSA) is 55.6 Å². The summed E-state index contributed by atoms with van der Waals surface area (Å²) in [6.07, 6.45) is 1.11. The van der Waals surface area contributed by atoms with Crippen LogP contribution in [-0.2, 0) is 16.0 Å². The molecule has 5 heteroatoms. The highest BCUT2D eigenvalue weighted by molar-refractivity contribution is 5.76. The van der Waals surface area contributed by atoms with Crippen LogP contribution in [0.15, 0.2) is 34.9 Å². The fourth-order valence-corrected chi connectivity index (χ4v) is 3.26. The second-order valence-electron chi connectivity index (χ2n) is 6.45. The number of carbonyl (C=O) groups is 1. The van der Waals surface area contributed by atoms with Gasteiger partial charge in [-0.1, -0.05) is 35.5 Å². The lowest BCUT2D eigenvalue weighted by Gasteiger charge is -2.37. The molecule has 0 unspecified atom stereocenters. The van der Waals surface area contributed by atoms with E-state index in [-0.39, 0.29) is 18.1 Å². The van der Waals surface area contributed by atoms with Gasteiger partial charge in [0.1, 0.15) is 11.9 Å². The van der Waals surface area contributed by atoms with Crippen molar-refractivity contribution in [1.82, 2.24) is 10.1 Å². The minimum atomic E-state index is -0.0574. The first kappa shape index (κ1) is 16.7. The molecule has 1 aromatic heterocycles. The maximum Gasteiger partial charge on any atom is 0.223 e. The molecule has 0 aliphatic carbocycles. The van der Waals surface area contributed by atoms with Gasteiger partial charge in [-0.05, 0) is 32.8 Å². The lowest BCUT2D eigenvalue weighted by molar-refractivity contribution is -0.144. The van der Waals surface area contributed by atoms with E-state index in [1.54, 1.807) is 0 Å². The molecular weight excluding hydrogens is 304 g/mol. The van der Waals surface area contributed by atoms with Crippen LogP contribution < -0.4 is 0 Å². The van der Waals surface area contributed by atoms with Crippen LogP contribution in [0, 0.1) is 13.8 Å². The van der Waals surface area contributed by atoms with Gasteiger partial charge in [0.15, 0.2) is 0 Å². The molecule has 1 saturated heterocycles. The molecule has 2 aromatic rings. The second kappa shape index (κ2) is 7.18. The molecule has 1 aliphatic heterocycles. The van der Waals surface area contributed by atoms with Crippen LogP contribution >= 0.6 is 0 Å². The smallest absolute Gasteiger partial charge is 0.223 e. The molecule has 1 amide bonds. The predicted molar refractivity (Wildman–Crippen MR) is 90.6 cm³/mol. The van der Waals surface area contributed by atoms with E-state index in [9.17, 15) is 4.79 Å². The Morgan fingerprint density at radius 2 is 2.00 bits per heavy atom. The number of benzene rings is 1. The van der Waals surface area contributed by atoms with Crippen molar-refractivity contribution in [2.24, 2.45) is 0 Å². The summed E-state index contributed by atoms with van der Waals surface area (Å²) in [5.74, 6) is 0.962. The maximum absolute atomic E-state index is 12.7. The Bertz CT molecular complexity index is 676. The van der Waals surface area contributed by atoms with Crippen molar-refractivity contribution in [2.45, 2.75) is 45.8 Å². The number of aryl methyl sites for hydroxylation is 2. The summed E-state index contributed by atoms with van der Waals surface area (Å²) >= 11 is 0. The highest BCUT2D eigenvalue weighted by atomic mass is 16.5. The largest absolute Gasteiger partial charge is 0.367 e. The van der Waals surface area contributed by atoms with Gasteiger partial charge in [-0.25, -0.2) is 0 Å². The molecule has 3 rings (SSSR count). The van der Waals surface area contributed by atoms with Crippen molar-refractivity contribution in [3.8, 4) is 0 Å². The van der Waals surface area contributed by atoms with E-state index in [0.717, 1.165) is 22.6 Å². The summed E-state index contributed by atoms with van der Waals surface area (Å²) in [6.45, 7) is 7.07. The highest BCUT2D eigenvalue weighted by Gasteiger charge is 2.29. The number of amides is 1. The second-order valence-corrected chi connectivity index (χ2v) is 6.45. The van der Waals surface area contributed by atoms with Gasteiger partial charge >= 0.3 is 0 Å². The van der Waals surface area contributed by atoms with Crippen molar-refractivity contribution in [3.05, 3.63) is 52.9 Å². The Kier molecular flexibility index (Phi) is 5.00. The Morgan fingerprint density at radius 3 is 2.67 bits per heavy atom. The highest BCUT2D eigenvalue weighted by Crippen LogP contribution is 2.26. The van der Waals surface area contributed by atoms with Crippen LogP contribution in [0.5, 0.6) is 0 Å². The van der Waals surface area contributed by atoms with Gasteiger partial charge in [-0.15, -0.1) is 0 Å². The zero-order valence-corrected chi connectivity index (χ0v) is 14.5. The molecule has 1 aromatic carbocycles. The third-order valence-electron chi connectivity index (χ3n) is 4.55. The summed E-state index contributed by atoms with van der Waals surface area (Å²) in [5, 5.41) is 3.95. The number of nitrogens with zero attached hydrogens (tertiary/aromatic N) is 2. The summed E-state index contributed by atoms with van der Waals surface area (Å²) < 4.78 is 11.2. The molecule has 0 radical (unpaired) electrons. The Hall–Kier alpha value is -2.14. The molecular formula is C19H24N2O3. The van der Waals surface area contributed by atoms with Crippen LogP contribution in [-0.4, -0.2) is 35.2 Å². The first-order chi connectivity index (χ1) is 11.5. The average Bonchev–Trinajstić information content (AvgIpc) is 2.91. The monoisotopic (exact) mass is 328 g/mol. The zero-order chi connectivity index (χ0) is 17.1. The van der Waals surface area contributed by atoms with E-state index in [0.29, 0.717) is 25.9 Å². The summed E-state index contributed by atoms with van der Waals surface area (Å²) in [6, 6.07) is 10.1. The van der Waals surface area contributed by atoms with E-state index in [1.807, 2.05) is 43.9 Å². The van der Waals surface area contributed by atoms with Gasteiger partial charge in [0.2, 0.25) is 5.91 Å². The summed E-state index contributed by atoms with van der Waals surface area (Å²) in [7, 11) is 0. The van der Waals surface area contributed by atoms with Crippen LogP contribution in [0.1, 0.15) is 42.0 Å². The zero-order valence-electron chi connectivity index (χ0n) is 14.5. The average molecular weight is 328 g/mol. The standard InChI is InChI=1S/C19H24N2O3/c1-13-11-21(12-18(23-13)16-7-5-4-6-8-16)19(22)10-9-17-14(2)20-24-15(17)3/h4-8,13,18H,9-12H2,1-3H3/t13-,18+/m1/s1. The van der Waals surface area contributed by atoms with Crippen molar-refractivity contribution in [3.63, 3.8) is 0 Å². The molecule has 2 atom stereocenters. The third-order valence-corrected chi connectivity index (χ3v) is 4.55. The molecule has 24 heavy (non-hydrogen) atoms. The molecule has 1 fully saturated rings. The number of aromatic nitrogens is 1. The molecule has 2 heterocycles. The van der Waals surface area contributed by atoms with Crippen LogP contribution in [0.3, 0.4) is 0 Å². The third kappa shape index (κ3) is 3.67. The number of hydrogen-bond donors (Lipinski definition) is 0. The lowest BCUT2D eigenvalue weighted by Crippen LogP contribution is -2.46. The van der Waals surface area contributed by atoms with Crippen molar-refractivity contribution in [1.29, 1.82) is 0 Å². The normalized spacial score (nSPS) is 21.0. The molecule has 128 valence electrons. The number of carbonyl (C=O) groups excluding carboxylic acids is 1. The number of rotatable bonds is 4. The van der Waals surface area contributed by atoms with Gasteiger partial charge in [0, 0.05) is 18.5 Å². The Morgan fingerprint density at radius 1 is 1.25 bits per heavy atom. The van der Waals surface area contributed by atoms with E-state index >= 15 is 0 Å². The fraction of sp³-hybridized carbons (Fsp3) is 0.474. The summed E-state index contributed by atoms with van der Waals surface area (Å²) in [5.41, 5.74) is 3.04. The number of ether oxygens (including phenoxy) is 1. The van der Waals surface area contributed by atoms with Crippen molar-refractivity contribution < 1.29 is 14.1 Å². The minimum Gasteiger partial charge on any atom is -0.367 e. The molecule has 1 aliphatic rings. The van der Waals surface area contributed by atoms with E-state index in [1.165, 1.54) is 0 Å². The SMILES string of the molecule is Cc1noc(C)c1CCC(=O)N1C[C@@H](C)O[C@H](c2ccccc2)C1. The molecule has 0 saturated carbocycles. The van der Waals surface area contributed by atoms with Crippen LogP contribution in [0.4, 0.5) is 0 Å².